The summed E-state index contributed by atoms with van der Waals surface area (Å²) in [5.74, 6) is -1.85. The van der Waals surface area contributed by atoms with Gasteiger partial charge in [0.15, 0.2) is 0 Å². The predicted molar refractivity (Wildman–Crippen MR) is 139 cm³/mol. The molecule has 2 aromatic carbocycles. The number of nitrogens with zero attached hydrogens (tertiary/aromatic N) is 3. The first-order chi connectivity index (χ1) is 19.5. The predicted octanol–water partition coefficient (Wildman–Crippen LogP) is 6.90. The summed E-state index contributed by atoms with van der Waals surface area (Å²) in [4.78, 5) is 30.0. The van der Waals surface area contributed by atoms with E-state index in [4.69, 9.17) is 0 Å². The van der Waals surface area contributed by atoms with Gasteiger partial charge >= 0.3 is 24.4 Å². The molecule has 0 spiro atoms. The van der Waals surface area contributed by atoms with Crippen LogP contribution in [-0.4, -0.2) is 64.5 Å². The number of hydrogen-bond acceptors (Lipinski definition) is 3. The zero-order valence-corrected chi connectivity index (χ0v) is 23.3. The monoisotopic (exact) mass is 603 g/mol. The van der Waals surface area contributed by atoms with E-state index in [0.29, 0.717) is 55.6 Å². The molecule has 2 saturated heterocycles. The summed E-state index contributed by atoms with van der Waals surface area (Å²) in [6.07, 6.45) is -8.68. The Morgan fingerprint density at radius 2 is 1.60 bits per heavy atom. The van der Waals surface area contributed by atoms with Crippen LogP contribution in [0.5, 0.6) is 0 Å². The van der Waals surface area contributed by atoms with E-state index < -0.39 is 59.3 Å². The second-order valence-electron chi connectivity index (χ2n) is 11.1. The van der Waals surface area contributed by atoms with Crippen LogP contribution in [0.25, 0.3) is 0 Å². The molecule has 2 heterocycles. The van der Waals surface area contributed by atoms with Crippen LogP contribution >= 0.6 is 0 Å². The lowest BCUT2D eigenvalue weighted by Gasteiger charge is -2.45. The maximum absolute atomic E-state index is 14.0. The summed E-state index contributed by atoms with van der Waals surface area (Å²) >= 11 is 0. The highest BCUT2D eigenvalue weighted by molar-refractivity contribution is 5.75. The van der Waals surface area contributed by atoms with Crippen molar-refractivity contribution in [2.24, 2.45) is 5.92 Å². The van der Waals surface area contributed by atoms with Gasteiger partial charge in [0, 0.05) is 26.2 Å². The average Bonchev–Trinajstić information content (AvgIpc) is 3.41. The second-order valence-corrected chi connectivity index (χ2v) is 11.1. The van der Waals surface area contributed by atoms with Gasteiger partial charge in [-0.3, -0.25) is 9.69 Å². The SMILES string of the molecule is Cc1cc(F)ccc1[C@H]1C[C@@H](N2CC[C@H](C(=O)O)C2)CCN1C(=O)N(C)[C@@H](C)c1cc(C(F)(F)F)cc(C(F)(F)F)c1. The molecule has 2 fully saturated rings. The number of likely N-dealkylation sites (tertiary alicyclic amines) is 2. The number of amides is 2. The van der Waals surface area contributed by atoms with Crippen LogP contribution in [0.4, 0.5) is 35.5 Å². The quantitative estimate of drug-likeness (QED) is 0.378. The fourth-order valence-corrected chi connectivity index (χ4v) is 5.95. The van der Waals surface area contributed by atoms with Crippen molar-refractivity contribution in [1.82, 2.24) is 14.7 Å². The standard InChI is InChI=1S/C29H32F7N3O3/c1-16-10-22(30)4-5-24(16)25-14-23(38-8-6-18(15-38)26(40)41)7-9-39(25)27(42)37(3)17(2)19-11-20(28(31,32)33)13-21(12-19)29(34,35)36/h4-5,10-13,17-18,23,25H,6-9,14-15H2,1-3H3,(H,40,41)/t17-,18-,23-,25+/m0/s1. The van der Waals surface area contributed by atoms with E-state index in [-0.39, 0.29) is 24.2 Å². The van der Waals surface area contributed by atoms with Crippen molar-refractivity contribution >= 4 is 12.0 Å². The topological polar surface area (TPSA) is 64.1 Å². The van der Waals surface area contributed by atoms with Gasteiger partial charge in [-0.15, -0.1) is 0 Å². The first-order valence-electron chi connectivity index (χ1n) is 13.5. The summed E-state index contributed by atoms with van der Waals surface area (Å²) < 4.78 is 94.8. The molecule has 0 radical (unpaired) electrons. The fourth-order valence-electron chi connectivity index (χ4n) is 5.95. The van der Waals surface area contributed by atoms with Gasteiger partial charge in [0.25, 0.3) is 0 Å². The molecule has 0 saturated carbocycles. The molecular weight excluding hydrogens is 571 g/mol. The number of halogens is 7. The first kappa shape index (κ1) is 31.6. The minimum atomic E-state index is -5.03. The lowest BCUT2D eigenvalue weighted by atomic mass is 9.88. The smallest absolute Gasteiger partial charge is 0.416 e. The molecule has 0 aromatic heterocycles. The van der Waals surface area contributed by atoms with Crippen molar-refractivity contribution in [3.05, 3.63) is 70.0 Å². The highest BCUT2D eigenvalue weighted by Gasteiger charge is 2.41. The number of aryl methyl sites for hydroxylation is 1. The number of aliphatic carboxylic acids is 1. The number of urea groups is 1. The number of hydrogen-bond donors (Lipinski definition) is 1. The molecule has 1 N–H and O–H groups in total. The third-order valence-electron chi connectivity index (χ3n) is 8.47. The van der Waals surface area contributed by atoms with E-state index in [1.54, 1.807) is 13.0 Å². The fraction of sp³-hybridized carbons (Fsp3) is 0.517. The Morgan fingerprint density at radius 1 is 0.976 bits per heavy atom. The molecule has 2 amide bonds. The van der Waals surface area contributed by atoms with E-state index in [2.05, 4.69) is 4.90 Å². The zero-order valence-electron chi connectivity index (χ0n) is 23.3. The van der Waals surface area contributed by atoms with Crippen LogP contribution in [0.2, 0.25) is 0 Å². The van der Waals surface area contributed by atoms with Crippen molar-refractivity contribution < 1.29 is 45.4 Å². The Bertz CT molecular complexity index is 1300. The van der Waals surface area contributed by atoms with Crippen LogP contribution in [-0.2, 0) is 17.1 Å². The third kappa shape index (κ3) is 6.66. The van der Waals surface area contributed by atoms with Gasteiger partial charge in [-0.1, -0.05) is 6.07 Å². The number of rotatable bonds is 5. The van der Waals surface area contributed by atoms with Crippen LogP contribution in [0, 0.1) is 18.7 Å². The molecule has 2 aliphatic heterocycles. The molecule has 230 valence electrons. The van der Waals surface area contributed by atoms with Crippen LogP contribution in [0.3, 0.4) is 0 Å². The van der Waals surface area contributed by atoms with Gasteiger partial charge in [-0.25, -0.2) is 9.18 Å². The molecule has 13 heteroatoms. The number of benzene rings is 2. The lowest BCUT2D eigenvalue weighted by molar-refractivity contribution is -0.143. The Balaban J connectivity index is 1.64. The van der Waals surface area contributed by atoms with Crippen molar-refractivity contribution in [3.8, 4) is 0 Å². The molecule has 0 unspecified atom stereocenters. The van der Waals surface area contributed by atoms with Crippen LogP contribution < -0.4 is 0 Å². The molecule has 42 heavy (non-hydrogen) atoms. The molecule has 2 aliphatic rings. The van der Waals surface area contributed by atoms with Gasteiger partial charge in [0.2, 0.25) is 0 Å². The minimum absolute atomic E-state index is 0.0451. The van der Waals surface area contributed by atoms with Crippen molar-refractivity contribution in [2.75, 3.05) is 26.7 Å². The number of piperidine rings is 1. The lowest BCUT2D eigenvalue weighted by Crippen LogP contribution is -2.51. The summed E-state index contributed by atoms with van der Waals surface area (Å²) in [5.41, 5.74) is -2.03. The van der Waals surface area contributed by atoms with Crippen LogP contribution in [0.1, 0.15) is 66.1 Å². The highest BCUT2D eigenvalue weighted by Crippen LogP contribution is 2.40. The van der Waals surface area contributed by atoms with E-state index >= 15 is 0 Å². The van der Waals surface area contributed by atoms with Gasteiger partial charge < -0.3 is 14.9 Å². The van der Waals surface area contributed by atoms with Crippen LogP contribution in [0.15, 0.2) is 36.4 Å². The normalized spacial score (nSPS) is 22.7. The molecule has 4 rings (SSSR count). The highest BCUT2D eigenvalue weighted by atomic mass is 19.4. The maximum Gasteiger partial charge on any atom is 0.416 e. The van der Waals surface area contributed by atoms with Crippen molar-refractivity contribution in [1.29, 1.82) is 0 Å². The Kier molecular flexibility index (Phi) is 8.82. The van der Waals surface area contributed by atoms with Gasteiger partial charge in [-0.05, 0) is 86.7 Å². The van der Waals surface area contributed by atoms with Gasteiger partial charge in [0.05, 0.1) is 29.1 Å². The third-order valence-corrected chi connectivity index (χ3v) is 8.47. The summed E-state index contributed by atoms with van der Waals surface area (Å²) in [6, 6.07) is 3.01. The molecule has 2 aromatic rings. The first-order valence-corrected chi connectivity index (χ1v) is 13.5. The van der Waals surface area contributed by atoms with Crippen molar-refractivity contribution in [3.63, 3.8) is 0 Å². The summed E-state index contributed by atoms with van der Waals surface area (Å²) in [7, 11) is 1.32. The van der Waals surface area contributed by atoms with E-state index in [1.807, 2.05) is 0 Å². The Hall–Kier alpha value is -3.35. The molecule has 0 bridgehead atoms. The van der Waals surface area contributed by atoms with E-state index in [0.717, 1.165) is 4.90 Å². The molecule has 0 aliphatic carbocycles. The summed E-state index contributed by atoms with van der Waals surface area (Å²) in [5, 5.41) is 9.42. The largest absolute Gasteiger partial charge is 0.481 e. The number of carbonyl (C=O) groups excluding carboxylic acids is 1. The zero-order chi connectivity index (χ0) is 31.1. The molecule has 4 atom stereocenters. The van der Waals surface area contributed by atoms with E-state index in [9.17, 15) is 45.4 Å². The number of carbonyl (C=O) groups is 2. The Labute approximate surface area is 238 Å². The summed E-state index contributed by atoms with van der Waals surface area (Å²) in [6.45, 7) is 4.17. The molecule has 6 nitrogen and oxygen atoms in total. The number of carboxylic acid groups (broad SMARTS) is 1. The average molecular weight is 604 g/mol. The number of alkyl halides is 6. The van der Waals surface area contributed by atoms with Gasteiger partial charge in [-0.2, -0.15) is 26.3 Å². The second kappa shape index (κ2) is 11.7. The minimum Gasteiger partial charge on any atom is -0.481 e. The maximum atomic E-state index is 14.0. The van der Waals surface area contributed by atoms with Crippen molar-refractivity contribution in [2.45, 2.75) is 63.6 Å². The van der Waals surface area contributed by atoms with Gasteiger partial charge in [0.1, 0.15) is 5.82 Å². The number of carboxylic acids is 1. The van der Waals surface area contributed by atoms with E-state index in [1.165, 1.54) is 31.0 Å². The molecular formula is C29H32F7N3O3. The Morgan fingerprint density at radius 3 is 2.12 bits per heavy atom.